The first kappa shape index (κ1) is 12.4. The van der Waals surface area contributed by atoms with Gasteiger partial charge in [0.15, 0.2) is 0 Å². The van der Waals surface area contributed by atoms with Crippen molar-refractivity contribution in [3.63, 3.8) is 0 Å². The third-order valence-corrected chi connectivity index (χ3v) is 2.86. The Hall–Kier alpha value is -2.04. The van der Waals surface area contributed by atoms with Gasteiger partial charge in [0, 0.05) is 6.54 Å². The Labute approximate surface area is 106 Å². The number of carbonyl (C=O) groups is 1. The van der Waals surface area contributed by atoms with E-state index < -0.39 is 6.04 Å². The number of esters is 1. The van der Waals surface area contributed by atoms with Crippen LogP contribution in [0.5, 0.6) is 0 Å². The maximum absolute atomic E-state index is 11.7. The van der Waals surface area contributed by atoms with Crippen LogP contribution in [0.3, 0.4) is 0 Å². The highest BCUT2D eigenvalue weighted by Crippen LogP contribution is 2.24. The molecular weight excluding hydrogens is 230 g/mol. The maximum Gasteiger partial charge on any atom is 0.328 e. The van der Waals surface area contributed by atoms with Crippen molar-refractivity contribution in [2.24, 2.45) is 0 Å². The molecule has 5 nitrogen and oxygen atoms in total. The van der Waals surface area contributed by atoms with Crippen LogP contribution in [0.1, 0.15) is 19.9 Å². The highest BCUT2D eigenvalue weighted by atomic mass is 16.5. The number of nitrogens with zero attached hydrogens (tertiary/aromatic N) is 2. The lowest BCUT2D eigenvalue weighted by atomic mass is 10.3. The van der Waals surface area contributed by atoms with Gasteiger partial charge in [-0.2, -0.15) is 0 Å². The van der Waals surface area contributed by atoms with Gasteiger partial charge < -0.3 is 10.1 Å². The third-order valence-electron chi connectivity index (χ3n) is 2.86. The molecule has 1 atom stereocenters. The molecule has 0 aliphatic rings. The van der Waals surface area contributed by atoms with E-state index in [1.165, 1.54) is 7.11 Å². The molecule has 0 radical (unpaired) electrons. The summed E-state index contributed by atoms with van der Waals surface area (Å²) in [5.74, 6) is 0.411. The second-order valence-corrected chi connectivity index (χ2v) is 4.02. The minimum absolute atomic E-state index is 0.280. The van der Waals surface area contributed by atoms with Crippen molar-refractivity contribution in [3.05, 3.63) is 24.3 Å². The average Bonchev–Trinajstić information content (AvgIpc) is 2.75. The first-order valence-corrected chi connectivity index (χ1v) is 5.97. The van der Waals surface area contributed by atoms with E-state index >= 15 is 0 Å². The molecule has 0 saturated heterocycles. The molecule has 0 spiro atoms. The van der Waals surface area contributed by atoms with Crippen molar-refractivity contribution in [3.8, 4) is 0 Å². The molecule has 0 amide bonds. The lowest BCUT2D eigenvalue weighted by Crippen LogP contribution is -2.20. The van der Waals surface area contributed by atoms with Crippen LogP contribution >= 0.6 is 0 Å². The van der Waals surface area contributed by atoms with E-state index in [-0.39, 0.29) is 5.97 Å². The zero-order valence-corrected chi connectivity index (χ0v) is 10.8. The maximum atomic E-state index is 11.7. The minimum Gasteiger partial charge on any atom is -0.467 e. The fourth-order valence-corrected chi connectivity index (χ4v) is 2.00. The number of aromatic nitrogens is 2. The molecule has 1 unspecified atom stereocenters. The van der Waals surface area contributed by atoms with Crippen molar-refractivity contribution in [1.82, 2.24) is 9.55 Å². The van der Waals surface area contributed by atoms with Crippen molar-refractivity contribution in [2.75, 3.05) is 19.0 Å². The molecule has 2 rings (SSSR count). The molecule has 1 aromatic heterocycles. The Kier molecular flexibility index (Phi) is 3.50. The average molecular weight is 247 g/mol. The summed E-state index contributed by atoms with van der Waals surface area (Å²) >= 11 is 0. The van der Waals surface area contributed by atoms with Crippen LogP contribution in [0.25, 0.3) is 11.0 Å². The Morgan fingerprint density at radius 3 is 2.89 bits per heavy atom. The number of rotatable bonds is 4. The summed E-state index contributed by atoms with van der Waals surface area (Å²) in [5.41, 5.74) is 1.79. The van der Waals surface area contributed by atoms with Gasteiger partial charge in [-0.25, -0.2) is 9.78 Å². The number of nitrogens with one attached hydrogen (secondary N) is 1. The molecule has 1 aromatic carbocycles. The Morgan fingerprint density at radius 2 is 2.22 bits per heavy atom. The number of benzene rings is 1. The number of hydrogen-bond acceptors (Lipinski definition) is 4. The molecule has 1 heterocycles. The molecule has 0 aliphatic heterocycles. The SMILES string of the molecule is CCNc1nc2ccccc2n1C(C)C(=O)OC. The summed E-state index contributed by atoms with van der Waals surface area (Å²) in [5, 5.41) is 3.17. The molecule has 0 aliphatic carbocycles. The van der Waals surface area contributed by atoms with E-state index in [9.17, 15) is 4.79 Å². The molecule has 0 bridgehead atoms. The van der Waals surface area contributed by atoms with E-state index in [0.717, 1.165) is 17.6 Å². The zero-order valence-electron chi connectivity index (χ0n) is 10.8. The Bertz CT molecular complexity index is 562. The number of methoxy groups -OCH3 is 1. The Morgan fingerprint density at radius 1 is 1.50 bits per heavy atom. The molecule has 1 N–H and O–H groups in total. The predicted molar refractivity (Wildman–Crippen MR) is 70.6 cm³/mol. The monoisotopic (exact) mass is 247 g/mol. The highest BCUT2D eigenvalue weighted by Gasteiger charge is 2.21. The number of para-hydroxylation sites is 2. The normalized spacial score (nSPS) is 12.4. The van der Waals surface area contributed by atoms with Crippen LogP contribution in [-0.4, -0.2) is 29.2 Å². The molecule has 96 valence electrons. The van der Waals surface area contributed by atoms with E-state index in [1.807, 2.05) is 35.8 Å². The number of imidazole rings is 1. The number of anilines is 1. The molecule has 18 heavy (non-hydrogen) atoms. The van der Waals surface area contributed by atoms with Crippen molar-refractivity contribution >= 4 is 23.0 Å². The molecular formula is C13H17N3O2. The summed E-state index contributed by atoms with van der Waals surface area (Å²) in [6, 6.07) is 7.33. The smallest absolute Gasteiger partial charge is 0.328 e. The minimum atomic E-state index is -0.406. The van der Waals surface area contributed by atoms with Gasteiger partial charge in [-0.3, -0.25) is 4.57 Å². The second kappa shape index (κ2) is 5.08. The quantitative estimate of drug-likeness (QED) is 0.841. The van der Waals surface area contributed by atoms with Crippen LogP contribution in [0.2, 0.25) is 0 Å². The summed E-state index contributed by atoms with van der Waals surface area (Å²) in [6.07, 6.45) is 0. The third kappa shape index (κ3) is 2.03. The first-order chi connectivity index (χ1) is 8.69. The fraction of sp³-hybridized carbons (Fsp3) is 0.385. The van der Waals surface area contributed by atoms with Gasteiger partial charge in [0.25, 0.3) is 0 Å². The lowest BCUT2D eigenvalue weighted by molar-refractivity contribution is -0.143. The van der Waals surface area contributed by atoms with Crippen LogP contribution in [0.4, 0.5) is 5.95 Å². The van der Waals surface area contributed by atoms with Crippen LogP contribution in [-0.2, 0) is 9.53 Å². The van der Waals surface area contributed by atoms with E-state index in [1.54, 1.807) is 6.92 Å². The van der Waals surface area contributed by atoms with Crippen molar-refractivity contribution in [2.45, 2.75) is 19.9 Å². The van der Waals surface area contributed by atoms with Crippen molar-refractivity contribution in [1.29, 1.82) is 0 Å². The van der Waals surface area contributed by atoms with Crippen LogP contribution in [0, 0.1) is 0 Å². The van der Waals surface area contributed by atoms with E-state index in [0.29, 0.717) is 5.95 Å². The molecule has 2 aromatic rings. The van der Waals surface area contributed by atoms with E-state index in [2.05, 4.69) is 10.3 Å². The number of fused-ring (bicyclic) bond motifs is 1. The lowest BCUT2D eigenvalue weighted by Gasteiger charge is -2.15. The molecule has 0 saturated carbocycles. The zero-order chi connectivity index (χ0) is 13.1. The predicted octanol–water partition coefficient (Wildman–Crippen LogP) is 2.20. The van der Waals surface area contributed by atoms with E-state index in [4.69, 9.17) is 4.74 Å². The van der Waals surface area contributed by atoms with Gasteiger partial charge in [-0.15, -0.1) is 0 Å². The summed E-state index contributed by atoms with van der Waals surface area (Å²) in [7, 11) is 1.39. The van der Waals surface area contributed by atoms with Crippen LogP contribution in [0.15, 0.2) is 24.3 Å². The second-order valence-electron chi connectivity index (χ2n) is 4.02. The number of ether oxygens (including phenoxy) is 1. The van der Waals surface area contributed by atoms with Gasteiger partial charge in [-0.1, -0.05) is 12.1 Å². The van der Waals surface area contributed by atoms with Gasteiger partial charge in [0.05, 0.1) is 18.1 Å². The summed E-state index contributed by atoms with van der Waals surface area (Å²) in [6.45, 7) is 4.55. The fourth-order valence-electron chi connectivity index (χ4n) is 2.00. The Balaban J connectivity index is 2.57. The summed E-state index contributed by atoms with van der Waals surface area (Å²) < 4.78 is 6.67. The highest BCUT2D eigenvalue weighted by molar-refractivity contribution is 5.83. The standard InChI is InChI=1S/C13H17N3O2/c1-4-14-13-15-10-7-5-6-8-11(10)16(13)9(2)12(17)18-3/h5-9H,4H2,1-3H3,(H,14,15). The first-order valence-electron chi connectivity index (χ1n) is 5.97. The van der Waals surface area contributed by atoms with Gasteiger partial charge in [0.1, 0.15) is 6.04 Å². The number of carbonyl (C=O) groups excluding carboxylic acids is 1. The van der Waals surface area contributed by atoms with Gasteiger partial charge >= 0.3 is 5.97 Å². The molecule has 5 heteroatoms. The largest absolute Gasteiger partial charge is 0.467 e. The summed E-state index contributed by atoms with van der Waals surface area (Å²) in [4.78, 5) is 16.2. The van der Waals surface area contributed by atoms with Gasteiger partial charge in [0.2, 0.25) is 5.95 Å². The number of hydrogen-bond donors (Lipinski definition) is 1. The molecule has 0 fully saturated rings. The van der Waals surface area contributed by atoms with Crippen molar-refractivity contribution < 1.29 is 9.53 Å². The van der Waals surface area contributed by atoms with Gasteiger partial charge in [-0.05, 0) is 26.0 Å². The topological polar surface area (TPSA) is 56.2 Å². The van der Waals surface area contributed by atoms with Crippen LogP contribution < -0.4 is 5.32 Å².